The number of benzene rings is 2. The van der Waals surface area contributed by atoms with E-state index in [9.17, 15) is 19.7 Å². The fourth-order valence-corrected chi connectivity index (χ4v) is 3.69. The average Bonchev–Trinajstić information content (AvgIpc) is 2.80. The SMILES string of the molecule is CCCOC(=O)C1=C(C)NC(=O)NC1c1cc(OC)c(OCc2cccc(Cl)c2)c([N+](=O)[O-])c1. The molecule has 1 heterocycles. The summed E-state index contributed by atoms with van der Waals surface area (Å²) >= 11 is 6.00. The van der Waals surface area contributed by atoms with Crippen LogP contribution in [0.3, 0.4) is 0 Å². The lowest BCUT2D eigenvalue weighted by atomic mass is 9.94. The highest BCUT2D eigenvalue weighted by Gasteiger charge is 2.35. The van der Waals surface area contributed by atoms with Crippen molar-refractivity contribution in [3.63, 3.8) is 0 Å². The summed E-state index contributed by atoms with van der Waals surface area (Å²) in [5, 5.41) is 17.6. The van der Waals surface area contributed by atoms with Crippen molar-refractivity contribution in [1.82, 2.24) is 10.6 Å². The van der Waals surface area contributed by atoms with Gasteiger partial charge in [-0.25, -0.2) is 9.59 Å². The highest BCUT2D eigenvalue weighted by Crippen LogP contribution is 2.42. The van der Waals surface area contributed by atoms with Gasteiger partial charge in [-0.3, -0.25) is 10.1 Å². The van der Waals surface area contributed by atoms with E-state index < -0.39 is 23.0 Å². The van der Waals surface area contributed by atoms with Gasteiger partial charge in [-0.1, -0.05) is 30.7 Å². The second-order valence-electron chi connectivity index (χ2n) is 7.45. The van der Waals surface area contributed by atoms with Crippen LogP contribution in [0.25, 0.3) is 0 Å². The molecule has 34 heavy (non-hydrogen) atoms. The Kier molecular flexibility index (Phi) is 7.95. The van der Waals surface area contributed by atoms with Crippen molar-refractivity contribution < 1.29 is 28.7 Å². The Morgan fingerprint density at radius 3 is 2.68 bits per heavy atom. The van der Waals surface area contributed by atoms with Crippen LogP contribution >= 0.6 is 11.6 Å². The summed E-state index contributed by atoms with van der Waals surface area (Å²) in [7, 11) is 1.34. The number of nitro groups is 1. The van der Waals surface area contributed by atoms with Crippen LogP contribution in [-0.2, 0) is 16.1 Å². The number of rotatable bonds is 9. The van der Waals surface area contributed by atoms with Crippen molar-refractivity contribution >= 4 is 29.3 Å². The number of nitro benzene ring substituents is 1. The summed E-state index contributed by atoms with van der Waals surface area (Å²) in [5.74, 6) is -0.662. The first-order valence-electron chi connectivity index (χ1n) is 10.4. The Morgan fingerprint density at radius 2 is 2.03 bits per heavy atom. The van der Waals surface area contributed by atoms with Gasteiger partial charge in [-0.15, -0.1) is 0 Å². The van der Waals surface area contributed by atoms with E-state index in [2.05, 4.69) is 10.6 Å². The van der Waals surface area contributed by atoms with Crippen LogP contribution in [0.5, 0.6) is 11.5 Å². The molecule has 180 valence electrons. The van der Waals surface area contributed by atoms with Gasteiger partial charge in [-0.2, -0.15) is 0 Å². The van der Waals surface area contributed by atoms with Crippen LogP contribution in [0, 0.1) is 10.1 Å². The van der Waals surface area contributed by atoms with E-state index in [4.69, 9.17) is 25.8 Å². The van der Waals surface area contributed by atoms with Crippen molar-refractivity contribution in [2.75, 3.05) is 13.7 Å². The number of halogens is 1. The summed E-state index contributed by atoms with van der Waals surface area (Å²) in [6, 6.07) is 8.07. The van der Waals surface area contributed by atoms with Crippen LogP contribution in [-0.4, -0.2) is 30.6 Å². The van der Waals surface area contributed by atoms with Gasteiger partial charge in [0.05, 0.1) is 30.3 Å². The van der Waals surface area contributed by atoms with Gasteiger partial charge in [0, 0.05) is 16.8 Å². The van der Waals surface area contributed by atoms with Crippen LogP contribution in [0.1, 0.15) is 37.4 Å². The third-order valence-electron chi connectivity index (χ3n) is 5.01. The molecule has 2 amide bonds. The highest BCUT2D eigenvalue weighted by molar-refractivity contribution is 6.30. The Bertz CT molecular complexity index is 1150. The lowest BCUT2D eigenvalue weighted by molar-refractivity contribution is -0.386. The molecule has 1 aliphatic heterocycles. The Balaban J connectivity index is 2.03. The minimum Gasteiger partial charge on any atom is -0.493 e. The van der Waals surface area contributed by atoms with Crippen LogP contribution in [0.2, 0.25) is 5.02 Å². The lowest BCUT2D eigenvalue weighted by Crippen LogP contribution is -2.45. The highest BCUT2D eigenvalue weighted by atomic mass is 35.5. The van der Waals surface area contributed by atoms with Gasteiger partial charge < -0.3 is 24.8 Å². The van der Waals surface area contributed by atoms with Crippen molar-refractivity contribution in [2.24, 2.45) is 0 Å². The van der Waals surface area contributed by atoms with E-state index in [1.54, 1.807) is 31.2 Å². The number of carbonyl (C=O) groups is 2. The Labute approximate surface area is 201 Å². The molecule has 3 rings (SSSR count). The van der Waals surface area contributed by atoms with Crippen LogP contribution < -0.4 is 20.1 Å². The maximum Gasteiger partial charge on any atom is 0.338 e. The largest absolute Gasteiger partial charge is 0.493 e. The van der Waals surface area contributed by atoms with Gasteiger partial charge in [0.25, 0.3) is 0 Å². The van der Waals surface area contributed by atoms with E-state index in [-0.39, 0.29) is 47.2 Å². The number of allylic oxidation sites excluding steroid dienone is 1. The third kappa shape index (κ3) is 5.57. The maximum absolute atomic E-state index is 12.7. The topological polar surface area (TPSA) is 129 Å². The number of amides is 2. The molecule has 10 nitrogen and oxygen atoms in total. The predicted octanol–water partition coefficient (Wildman–Crippen LogP) is 4.42. The number of carbonyl (C=O) groups excluding carboxylic acids is 2. The van der Waals surface area contributed by atoms with E-state index in [0.29, 0.717) is 17.0 Å². The summed E-state index contributed by atoms with van der Waals surface area (Å²) in [4.78, 5) is 36.2. The summed E-state index contributed by atoms with van der Waals surface area (Å²) in [5.41, 5.74) is 1.01. The molecule has 11 heteroatoms. The molecule has 0 aromatic heterocycles. The minimum absolute atomic E-state index is 0.00873. The van der Waals surface area contributed by atoms with E-state index >= 15 is 0 Å². The fourth-order valence-electron chi connectivity index (χ4n) is 3.48. The zero-order valence-electron chi connectivity index (χ0n) is 18.8. The summed E-state index contributed by atoms with van der Waals surface area (Å²) in [6.45, 7) is 3.61. The molecule has 1 unspecified atom stereocenters. The smallest absolute Gasteiger partial charge is 0.338 e. The zero-order chi connectivity index (χ0) is 24.8. The van der Waals surface area contributed by atoms with Gasteiger partial charge in [0.15, 0.2) is 5.75 Å². The van der Waals surface area contributed by atoms with Crippen LogP contribution in [0.15, 0.2) is 47.7 Å². The molecule has 2 N–H and O–H groups in total. The van der Waals surface area contributed by atoms with E-state index in [1.165, 1.54) is 19.2 Å². The second-order valence-corrected chi connectivity index (χ2v) is 7.89. The normalized spacial score (nSPS) is 15.3. The number of hydrogen-bond acceptors (Lipinski definition) is 7. The maximum atomic E-state index is 12.7. The number of nitrogens with zero attached hydrogens (tertiary/aromatic N) is 1. The number of nitrogens with one attached hydrogen (secondary N) is 2. The van der Waals surface area contributed by atoms with Gasteiger partial charge >= 0.3 is 17.7 Å². The first-order valence-corrected chi connectivity index (χ1v) is 10.8. The molecule has 0 saturated carbocycles. The molecule has 0 aliphatic carbocycles. The standard InChI is InChI=1S/C23H24ClN3O7/c1-4-8-33-22(28)19-13(2)25-23(29)26-20(19)15-10-17(27(30)31)21(18(11-15)32-3)34-12-14-6-5-7-16(24)9-14/h5-7,9-11,20H,4,8,12H2,1-3H3,(H2,25,26,29). The van der Waals surface area contributed by atoms with Crippen molar-refractivity contribution in [1.29, 1.82) is 0 Å². The quantitative estimate of drug-likeness (QED) is 0.303. The molecule has 1 aliphatic rings. The zero-order valence-corrected chi connectivity index (χ0v) is 19.6. The molecule has 0 spiro atoms. The molecular weight excluding hydrogens is 466 g/mol. The predicted molar refractivity (Wildman–Crippen MR) is 124 cm³/mol. The first-order chi connectivity index (χ1) is 16.2. The van der Waals surface area contributed by atoms with Crippen molar-refractivity contribution in [3.8, 4) is 11.5 Å². The number of urea groups is 1. The van der Waals surface area contributed by atoms with E-state index in [1.807, 2.05) is 6.92 Å². The minimum atomic E-state index is -0.993. The number of hydrogen-bond donors (Lipinski definition) is 2. The Hall–Kier alpha value is -3.79. The monoisotopic (exact) mass is 489 g/mol. The van der Waals surface area contributed by atoms with Crippen molar-refractivity contribution in [3.05, 3.63) is 73.9 Å². The van der Waals surface area contributed by atoms with Gasteiger partial charge in [0.1, 0.15) is 6.61 Å². The molecule has 0 bridgehead atoms. The molecule has 0 saturated heterocycles. The average molecular weight is 490 g/mol. The van der Waals surface area contributed by atoms with Gasteiger partial charge in [0.2, 0.25) is 5.75 Å². The fraction of sp³-hybridized carbons (Fsp3) is 0.304. The number of methoxy groups -OCH3 is 1. The van der Waals surface area contributed by atoms with Crippen LogP contribution in [0.4, 0.5) is 10.5 Å². The summed E-state index contributed by atoms with van der Waals surface area (Å²) in [6.07, 6.45) is 0.612. The van der Waals surface area contributed by atoms with Gasteiger partial charge in [-0.05, 0) is 42.7 Å². The second kappa shape index (κ2) is 10.9. The molecule has 0 radical (unpaired) electrons. The van der Waals surface area contributed by atoms with Crippen molar-refractivity contribution in [2.45, 2.75) is 32.9 Å². The first kappa shape index (κ1) is 24.8. The summed E-state index contributed by atoms with van der Waals surface area (Å²) < 4.78 is 16.4. The molecule has 0 fully saturated rings. The molecular formula is C23H24ClN3O7. The lowest BCUT2D eigenvalue weighted by Gasteiger charge is -2.28. The third-order valence-corrected chi connectivity index (χ3v) is 5.24. The molecule has 1 atom stereocenters. The molecule has 2 aromatic carbocycles. The Morgan fingerprint density at radius 1 is 1.26 bits per heavy atom. The number of ether oxygens (including phenoxy) is 3. The molecule has 2 aromatic rings. The van der Waals surface area contributed by atoms with E-state index in [0.717, 1.165) is 0 Å². The number of esters is 1.